The fourth-order valence-electron chi connectivity index (χ4n) is 2.01. The molecule has 0 fully saturated rings. The van der Waals surface area contributed by atoms with Crippen molar-refractivity contribution in [2.45, 2.75) is 26.8 Å². The lowest BCUT2D eigenvalue weighted by atomic mass is 10.2. The van der Waals surface area contributed by atoms with Gasteiger partial charge in [0.25, 0.3) is 5.91 Å². The molecule has 2 heterocycles. The summed E-state index contributed by atoms with van der Waals surface area (Å²) in [6.07, 6.45) is 4.45. The summed E-state index contributed by atoms with van der Waals surface area (Å²) in [5.41, 5.74) is 5.96. The standard InChI is InChI=1S/C14H21N5OS/c1-10(8-19-6-5-16-11(19)2)7-17-14(20)12-9-21-13(18-12)3-4-15/h5-6,9-10H,3-4,7-8,15H2,1-2H3,(H,17,20). The van der Waals surface area contributed by atoms with Gasteiger partial charge in [-0.3, -0.25) is 4.79 Å². The molecular formula is C14H21N5OS. The summed E-state index contributed by atoms with van der Waals surface area (Å²) in [5, 5.41) is 5.62. The molecule has 0 aliphatic carbocycles. The first kappa shape index (κ1) is 15.7. The maximum absolute atomic E-state index is 12.0. The molecule has 2 rings (SSSR count). The van der Waals surface area contributed by atoms with Crippen molar-refractivity contribution in [3.8, 4) is 0 Å². The Kier molecular flexibility index (Phi) is 5.46. The molecule has 2 aromatic heterocycles. The van der Waals surface area contributed by atoms with Crippen LogP contribution in [0.1, 0.15) is 28.2 Å². The predicted octanol–water partition coefficient (Wildman–Crippen LogP) is 1.22. The highest BCUT2D eigenvalue weighted by Gasteiger charge is 2.12. The van der Waals surface area contributed by atoms with Crippen LogP contribution in [0.3, 0.4) is 0 Å². The Balaban J connectivity index is 1.81. The Labute approximate surface area is 128 Å². The third-order valence-corrected chi connectivity index (χ3v) is 4.09. The second-order valence-electron chi connectivity index (χ2n) is 5.11. The van der Waals surface area contributed by atoms with Crippen molar-refractivity contribution in [2.24, 2.45) is 11.7 Å². The van der Waals surface area contributed by atoms with Gasteiger partial charge < -0.3 is 15.6 Å². The summed E-state index contributed by atoms with van der Waals surface area (Å²) in [7, 11) is 0. The van der Waals surface area contributed by atoms with Gasteiger partial charge in [-0.25, -0.2) is 9.97 Å². The Bertz CT molecular complexity index is 592. The zero-order chi connectivity index (χ0) is 15.2. The number of hydrogen-bond acceptors (Lipinski definition) is 5. The Morgan fingerprint density at radius 3 is 3.05 bits per heavy atom. The third kappa shape index (κ3) is 4.37. The average molecular weight is 307 g/mol. The molecule has 1 amide bonds. The molecule has 6 nitrogen and oxygen atoms in total. The highest BCUT2D eigenvalue weighted by atomic mass is 32.1. The molecule has 0 aromatic carbocycles. The van der Waals surface area contributed by atoms with Gasteiger partial charge in [0.05, 0.1) is 5.01 Å². The number of carbonyl (C=O) groups is 1. The van der Waals surface area contributed by atoms with E-state index in [1.165, 1.54) is 11.3 Å². The number of amides is 1. The molecule has 0 saturated heterocycles. The van der Waals surface area contributed by atoms with Gasteiger partial charge in [0.2, 0.25) is 0 Å². The van der Waals surface area contributed by atoms with Crippen LogP contribution in [0.2, 0.25) is 0 Å². The average Bonchev–Trinajstić information content (AvgIpc) is 3.07. The van der Waals surface area contributed by atoms with Crippen molar-refractivity contribution in [1.82, 2.24) is 19.9 Å². The summed E-state index contributed by atoms with van der Waals surface area (Å²) in [6, 6.07) is 0. The van der Waals surface area contributed by atoms with Crippen molar-refractivity contribution in [3.63, 3.8) is 0 Å². The third-order valence-electron chi connectivity index (χ3n) is 3.19. The minimum absolute atomic E-state index is 0.122. The Morgan fingerprint density at radius 2 is 2.38 bits per heavy atom. The van der Waals surface area contributed by atoms with Gasteiger partial charge in [-0.05, 0) is 19.4 Å². The first-order valence-electron chi connectivity index (χ1n) is 7.00. The minimum atomic E-state index is -0.122. The topological polar surface area (TPSA) is 85.8 Å². The quantitative estimate of drug-likeness (QED) is 0.805. The maximum Gasteiger partial charge on any atom is 0.270 e. The summed E-state index contributed by atoms with van der Waals surface area (Å²) in [6.45, 7) is 6.07. The van der Waals surface area contributed by atoms with Crippen molar-refractivity contribution in [1.29, 1.82) is 0 Å². The lowest BCUT2D eigenvalue weighted by Crippen LogP contribution is -2.30. The molecule has 2 aromatic rings. The highest BCUT2D eigenvalue weighted by Crippen LogP contribution is 2.10. The van der Waals surface area contributed by atoms with Gasteiger partial charge in [0, 0.05) is 37.3 Å². The fourth-order valence-corrected chi connectivity index (χ4v) is 2.80. The zero-order valence-corrected chi connectivity index (χ0v) is 13.2. The maximum atomic E-state index is 12.0. The van der Waals surface area contributed by atoms with E-state index < -0.39 is 0 Å². The molecule has 7 heteroatoms. The Morgan fingerprint density at radius 1 is 1.57 bits per heavy atom. The summed E-state index contributed by atoms with van der Waals surface area (Å²) in [5.74, 6) is 1.19. The van der Waals surface area contributed by atoms with E-state index in [1.807, 2.05) is 13.1 Å². The molecule has 21 heavy (non-hydrogen) atoms. The molecule has 0 bridgehead atoms. The van der Waals surface area contributed by atoms with E-state index in [-0.39, 0.29) is 5.91 Å². The summed E-state index contributed by atoms with van der Waals surface area (Å²) >= 11 is 1.48. The van der Waals surface area contributed by atoms with Crippen LogP contribution in [0.4, 0.5) is 0 Å². The normalized spacial score (nSPS) is 12.3. The predicted molar refractivity (Wildman–Crippen MR) is 83.3 cm³/mol. The van der Waals surface area contributed by atoms with E-state index in [0.29, 0.717) is 31.1 Å². The molecule has 0 radical (unpaired) electrons. The molecule has 0 aliphatic rings. The molecule has 0 saturated carbocycles. The molecule has 3 N–H and O–H groups in total. The van der Waals surface area contributed by atoms with E-state index in [1.54, 1.807) is 11.6 Å². The molecule has 0 aliphatic heterocycles. The minimum Gasteiger partial charge on any atom is -0.350 e. The molecule has 0 spiro atoms. The summed E-state index contributed by atoms with van der Waals surface area (Å²) < 4.78 is 2.08. The van der Waals surface area contributed by atoms with Gasteiger partial charge in [0.1, 0.15) is 11.5 Å². The largest absolute Gasteiger partial charge is 0.350 e. The van der Waals surface area contributed by atoms with Gasteiger partial charge in [-0.1, -0.05) is 6.92 Å². The van der Waals surface area contributed by atoms with Crippen molar-refractivity contribution in [3.05, 3.63) is 34.3 Å². The van der Waals surface area contributed by atoms with Gasteiger partial charge >= 0.3 is 0 Å². The monoisotopic (exact) mass is 307 g/mol. The number of aromatic nitrogens is 3. The van der Waals surface area contributed by atoms with E-state index >= 15 is 0 Å². The number of hydrogen-bond donors (Lipinski definition) is 2. The van der Waals surface area contributed by atoms with Crippen LogP contribution in [0.5, 0.6) is 0 Å². The Hall–Kier alpha value is -1.73. The molecule has 1 atom stereocenters. The van der Waals surface area contributed by atoms with Crippen LogP contribution in [0, 0.1) is 12.8 Å². The van der Waals surface area contributed by atoms with Crippen LogP contribution in [0.15, 0.2) is 17.8 Å². The van der Waals surface area contributed by atoms with Crippen LogP contribution in [-0.4, -0.2) is 33.5 Å². The number of carbonyl (C=O) groups excluding carboxylic acids is 1. The van der Waals surface area contributed by atoms with E-state index in [0.717, 1.165) is 17.4 Å². The highest BCUT2D eigenvalue weighted by molar-refractivity contribution is 7.09. The van der Waals surface area contributed by atoms with Crippen molar-refractivity contribution in [2.75, 3.05) is 13.1 Å². The number of rotatable bonds is 7. The zero-order valence-electron chi connectivity index (χ0n) is 12.4. The number of thiazole rings is 1. The van der Waals surface area contributed by atoms with Gasteiger partial charge in [-0.15, -0.1) is 11.3 Å². The molecular weight excluding hydrogens is 286 g/mol. The van der Waals surface area contributed by atoms with Crippen LogP contribution in [-0.2, 0) is 13.0 Å². The number of aryl methyl sites for hydroxylation is 1. The number of nitrogens with two attached hydrogens (primary N) is 1. The first-order valence-corrected chi connectivity index (χ1v) is 7.88. The second kappa shape index (κ2) is 7.33. The van der Waals surface area contributed by atoms with Crippen LogP contribution >= 0.6 is 11.3 Å². The van der Waals surface area contributed by atoms with E-state index in [9.17, 15) is 4.79 Å². The van der Waals surface area contributed by atoms with Crippen LogP contribution in [0.25, 0.3) is 0 Å². The van der Waals surface area contributed by atoms with Gasteiger partial charge in [-0.2, -0.15) is 0 Å². The van der Waals surface area contributed by atoms with Crippen molar-refractivity contribution >= 4 is 17.2 Å². The fraction of sp³-hybridized carbons (Fsp3) is 0.500. The molecule has 114 valence electrons. The number of nitrogens with one attached hydrogen (secondary N) is 1. The lowest BCUT2D eigenvalue weighted by molar-refractivity contribution is 0.0942. The van der Waals surface area contributed by atoms with Gasteiger partial charge in [0.15, 0.2) is 0 Å². The van der Waals surface area contributed by atoms with E-state index in [4.69, 9.17) is 5.73 Å². The first-order chi connectivity index (χ1) is 10.1. The van der Waals surface area contributed by atoms with E-state index in [2.05, 4.69) is 26.8 Å². The number of imidazole rings is 1. The lowest BCUT2D eigenvalue weighted by Gasteiger charge is -2.13. The second-order valence-corrected chi connectivity index (χ2v) is 6.05. The number of nitrogens with zero attached hydrogens (tertiary/aromatic N) is 3. The SMILES string of the molecule is Cc1nccn1CC(C)CNC(=O)c1csc(CCN)n1. The van der Waals surface area contributed by atoms with Crippen molar-refractivity contribution < 1.29 is 4.79 Å². The smallest absolute Gasteiger partial charge is 0.270 e. The summed E-state index contributed by atoms with van der Waals surface area (Å²) in [4.78, 5) is 20.5. The van der Waals surface area contributed by atoms with Crippen LogP contribution < -0.4 is 11.1 Å². The molecule has 1 unspecified atom stereocenters.